The molecule has 0 aromatic carbocycles. The summed E-state index contributed by atoms with van der Waals surface area (Å²) < 4.78 is 4.84. The third-order valence-corrected chi connectivity index (χ3v) is 2.49. The number of nitrogen functional groups attached to an aromatic ring is 1. The van der Waals surface area contributed by atoms with E-state index in [4.69, 9.17) is 21.8 Å². The molecule has 0 atom stereocenters. The molecule has 6 heteroatoms. The molecule has 0 fully saturated rings. The molecule has 88 valence electrons. The van der Waals surface area contributed by atoms with Crippen LogP contribution in [-0.4, -0.2) is 10.9 Å². The van der Waals surface area contributed by atoms with E-state index in [9.17, 15) is 4.79 Å². The summed E-state index contributed by atoms with van der Waals surface area (Å²) in [5, 5.41) is 2.68. The molecule has 2 heterocycles. The SMILES string of the molecule is Cc1cc(N)cnc1NC(=O)c1ccoc1Cl. The fraction of sp³-hybridized carbons (Fsp3) is 0.0909. The van der Waals surface area contributed by atoms with Crippen LogP contribution in [0.5, 0.6) is 0 Å². The molecule has 0 aliphatic heterocycles. The van der Waals surface area contributed by atoms with Gasteiger partial charge in [0.2, 0.25) is 5.22 Å². The van der Waals surface area contributed by atoms with Crippen LogP contribution < -0.4 is 11.1 Å². The van der Waals surface area contributed by atoms with Crippen molar-refractivity contribution < 1.29 is 9.21 Å². The van der Waals surface area contributed by atoms with E-state index in [0.717, 1.165) is 5.56 Å². The van der Waals surface area contributed by atoms with Gasteiger partial charge in [0.1, 0.15) is 5.82 Å². The maximum absolute atomic E-state index is 11.8. The lowest BCUT2D eigenvalue weighted by molar-refractivity contribution is 0.102. The predicted octanol–water partition coefficient (Wildman–Crippen LogP) is 2.47. The molecule has 0 saturated heterocycles. The van der Waals surface area contributed by atoms with Crippen LogP contribution in [-0.2, 0) is 0 Å². The molecule has 0 unspecified atom stereocenters. The minimum atomic E-state index is -0.371. The zero-order chi connectivity index (χ0) is 12.4. The van der Waals surface area contributed by atoms with Crippen LogP contribution in [0.15, 0.2) is 29.0 Å². The molecule has 0 spiro atoms. The van der Waals surface area contributed by atoms with E-state index >= 15 is 0 Å². The van der Waals surface area contributed by atoms with Crippen LogP contribution in [0.4, 0.5) is 11.5 Å². The van der Waals surface area contributed by atoms with E-state index in [1.54, 1.807) is 13.0 Å². The van der Waals surface area contributed by atoms with Crippen molar-refractivity contribution in [1.29, 1.82) is 0 Å². The summed E-state index contributed by atoms with van der Waals surface area (Å²) in [5.41, 5.74) is 7.15. The first-order valence-electron chi connectivity index (χ1n) is 4.84. The summed E-state index contributed by atoms with van der Waals surface area (Å²) in [6.45, 7) is 1.80. The van der Waals surface area contributed by atoms with Gasteiger partial charge in [0.15, 0.2) is 0 Å². The van der Waals surface area contributed by atoms with Crippen molar-refractivity contribution >= 4 is 29.0 Å². The van der Waals surface area contributed by atoms with E-state index in [2.05, 4.69) is 10.3 Å². The lowest BCUT2D eigenvalue weighted by Crippen LogP contribution is -2.13. The Bertz CT molecular complexity index is 566. The second-order valence-electron chi connectivity index (χ2n) is 3.50. The summed E-state index contributed by atoms with van der Waals surface area (Å²) in [4.78, 5) is 15.8. The minimum absolute atomic E-state index is 0.0515. The van der Waals surface area contributed by atoms with E-state index in [1.165, 1.54) is 18.5 Å². The second kappa shape index (κ2) is 4.47. The number of hydrogen-bond acceptors (Lipinski definition) is 4. The molecule has 0 saturated carbocycles. The zero-order valence-electron chi connectivity index (χ0n) is 9.03. The van der Waals surface area contributed by atoms with Gasteiger partial charge in [-0.2, -0.15) is 0 Å². The highest BCUT2D eigenvalue weighted by Crippen LogP contribution is 2.19. The average Bonchev–Trinajstić information content (AvgIpc) is 2.68. The standard InChI is InChI=1S/C11H10ClN3O2/c1-6-4-7(13)5-14-10(6)15-11(16)8-2-3-17-9(8)12/h2-5H,13H2,1H3,(H,14,15,16). The van der Waals surface area contributed by atoms with Crippen molar-refractivity contribution in [2.24, 2.45) is 0 Å². The van der Waals surface area contributed by atoms with E-state index < -0.39 is 0 Å². The van der Waals surface area contributed by atoms with Gasteiger partial charge in [0.25, 0.3) is 5.91 Å². The van der Waals surface area contributed by atoms with Crippen LogP contribution in [0.25, 0.3) is 0 Å². The molecule has 2 aromatic heterocycles. The Balaban J connectivity index is 2.22. The van der Waals surface area contributed by atoms with Crippen molar-refractivity contribution in [1.82, 2.24) is 4.98 Å². The highest BCUT2D eigenvalue weighted by atomic mass is 35.5. The van der Waals surface area contributed by atoms with Gasteiger partial charge in [-0.05, 0) is 36.2 Å². The number of nitrogens with zero attached hydrogens (tertiary/aromatic N) is 1. The number of carbonyl (C=O) groups excluding carboxylic acids is 1. The number of pyridine rings is 1. The van der Waals surface area contributed by atoms with Gasteiger partial charge in [-0.25, -0.2) is 4.98 Å². The predicted molar refractivity (Wildman–Crippen MR) is 65.1 cm³/mol. The third kappa shape index (κ3) is 2.39. The number of furan rings is 1. The molecule has 0 aliphatic rings. The number of halogens is 1. The molecule has 2 aromatic rings. The summed E-state index contributed by atoms with van der Waals surface area (Å²) in [5.74, 6) is 0.0746. The first kappa shape index (κ1) is 11.5. The maximum Gasteiger partial charge on any atom is 0.261 e. The fourth-order valence-corrected chi connectivity index (χ4v) is 1.56. The Hall–Kier alpha value is -2.01. The van der Waals surface area contributed by atoms with Crippen molar-refractivity contribution in [2.45, 2.75) is 6.92 Å². The summed E-state index contributed by atoms with van der Waals surface area (Å²) in [6, 6.07) is 3.21. The molecule has 0 aliphatic carbocycles. The number of carbonyl (C=O) groups is 1. The first-order valence-corrected chi connectivity index (χ1v) is 5.22. The lowest BCUT2D eigenvalue weighted by atomic mass is 10.2. The molecule has 2 rings (SSSR count). The van der Waals surface area contributed by atoms with Gasteiger partial charge in [0, 0.05) is 0 Å². The molecule has 3 N–H and O–H groups in total. The van der Waals surface area contributed by atoms with Gasteiger partial charge < -0.3 is 15.5 Å². The van der Waals surface area contributed by atoms with Gasteiger partial charge in [-0.1, -0.05) is 0 Å². The Morgan fingerprint density at radius 3 is 2.94 bits per heavy atom. The number of anilines is 2. The Morgan fingerprint density at radius 2 is 2.35 bits per heavy atom. The summed E-state index contributed by atoms with van der Waals surface area (Å²) >= 11 is 5.70. The Labute approximate surface area is 103 Å². The largest absolute Gasteiger partial charge is 0.452 e. The van der Waals surface area contributed by atoms with Crippen LogP contribution in [0, 0.1) is 6.92 Å². The fourth-order valence-electron chi connectivity index (χ4n) is 1.36. The quantitative estimate of drug-likeness (QED) is 0.859. The molecule has 0 bridgehead atoms. The normalized spacial score (nSPS) is 10.2. The number of aromatic nitrogens is 1. The van der Waals surface area contributed by atoms with Gasteiger partial charge >= 0.3 is 0 Å². The van der Waals surface area contributed by atoms with E-state index in [1.807, 2.05) is 0 Å². The zero-order valence-corrected chi connectivity index (χ0v) is 9.78. The van der Waals surface area contributed by atoms with Crippen LogP contribution in [0.2, 0.25) is 5.22 Å². The van der Waals surface area contributed by atoms with E-state index in [-0.39, 0.29) is 16.7 Å². The summed E-state index contributed by atoms with van der Waals surface area (Å²) in [6.07, 6.45) is 2.82. The van der Waals surface area contributed by atoms with Gasteiger partial charge in [-0.15, -0.1) is 0 Å². The van der Waals surface area contributed by atoms with Crippen molar-refractivity contribution in [2.75, 3.05) is 11.1 Å². The lowest BCUT2D eigenvalue weighted by Gasteiger charge is -2.06. The number of amides is 1. The maximum atomic E-state index is 11.8. The Kier molecular flexibility index (Phi) is 3.01. The smallest absolute Gasteiger partial charge is 0.261 e. The number of aryl methyl sites for hydroxylation is 1. The molecular formula is C11H10ClN3O2. The monoisotopic (exact) mass is 251 g/mol. The molecule has 17 heavy (non-hydrogen) atoms. The van der Waals surface area contributed by atoms with Crippen LogP contribution in [0.1, 0.15) is 15.9 Å². The number of hydrogen-bond donors (Lipinski definition) is 2. The van der Waals surface area contributed by atoms with Crippen LogP contribution >= 0.6 is 11.6 Å². The highest BCUT2D eigenvalue weighted by molar-refractivity contribution is 6.32. The van der Waals surface area contributed by atoms with Gasteiger partial charge in [-0.3, -0.25) is 4.79 Å². The number of rotatable bonds is 2. The summed E-state index contributed by atoms with van der Waals surface area (Å²) in [7, 11) is 0. The topological polar surface area (TPSA) is 81.1 Å². The highest BCUT2D eigenvalue weighted by Gasteiger charge is 2.14. The van der Waals surface area contributed by atoms with Crippen molar-refractivity contribution in [3.63, 3.8) is 0 Å². The average molecular weight is 252 g/mol. The first-order chi connectivity index (χ1) is 8.08. The Morgan fingerprint density at radius 1 is 1.59 bits per heavy atom. The number of nitrogens with one attached hydrogen (secondary N) is 1. The third-order valence-electron chi connectivity index (χ3n) is 2.19. The minimum Gasteiger partial charge on any atom is -0.452 e. The molecule has 5 nitrogen and oxygen atoms in total. The molecule has 1 amide bonds. The molecule has 0 radical (unpaired) electrons. The van der Waals surface area contributed by atoms with Crippen molar-refractivity contribution in [3.05, 3.63) is 40.9 Å². The second-order valence-corrected chi connectivity index (χ2v) is 3.84. The van der Waals surface area contributed by atoms with Gasteiger partial charge in [0.05, 0.1) is 23.7 Å². The number of nitrogens with two attached hydrogens (primary N) is 1. The molecular weight excluding hydrogens is 242 g/mol. The van der Waals surface area contributed by atoms with Crippen molar-refractivity contribution in [3.8, 4) is 0 Å². The van der Waals surface area contributed by atoms with E-state index in [0.29, 0.717) is 11.5 Å². The van der Waals surface area contributed by atoms with Crippen LogP contribution in [0.3, 0.4) is 0 Å².